The Morgan fingerprint density at radius 1 is 1.04 bits per heavy atom. The highest BCUT2D eigenvalue weighted by atomic mass is 15.1. The molecule has 0 heterocycles. The predicted octanol–water partition coefficient (Wildman–Crippen LogP) is 5.57. The molecule has 0 aromatic heterocycles. The summed E-state index contributed by atoms with van der Waals surface area (Å²) in [6.07, 6.45) is 9.22. The van der Waals surface area contributed by atoms with E-state index in [1.165, 1.54) is 29.5 Å². The van der Waals surface area contributed by atoms with Crippen LogP contribution in [0, 0.1) is 29.1 Å². The van der Waals surface area contributed by atoms with E-state index in [2.05, 4.69) is 84.8 Å². The van der Waals surface area contributed by atoms with Crippen LogP contribution in [0.2, 0.25) is 0 Å². The summed E-state index contributed by atoms with van der Waals surface area (Å²) in [6.45, 7) is 2.07. The summed E-state index contributed by atoms with van der Waals surface area (Å²) in [4.78, 5) is 2.44. The van der Waals surface area contributed by atoms with E-state index in [1.807, 2.05) is 0 Å². The number of fused-ring (bicyclic) bond motifs is 2. The maximum absolute atomic E-state index is 9.31. The van der Waals surface area contributed by atoms with Crippen molar-refractivity contribution in [3.05, 3.63) is 83.4 Å². The Labute approximate surface area is 169 Å². The van der Waals surface area contributed by atoms with E-state index in [1.54, 1.807) is 0 Å². The third kappa shape index (κ3) is 4.21. The zero-order chi connectivity index (χ0) is 19.3. The van der Waals surface area contributed by atoms with Crippen molar-refractivity contribution in [3.63, 3.8) is 0 Å². The van der Waals surface area contributed by atoms with E-state index in [-0.39, 0.29) is 0 Å². The molecule has 4 rings (SSSR count). The molecule has 4 unspecified atom stereocenters. The Bertz CT molecular complexity index is 848. The number of nitriles is 1. The molecule has 2 aliphatic carbocycles. The third-order valence-electron chi connectivity index (χ3n) is 6.69. The Kier molecular flexibility index (Phi) is 5.93. The number of nitrogens with zero attached hydrogens (tertiary/aromatic N) is 2. The van der Waals surface area contributed by atoms with Gasteiger partial charge in [0, 0.05) is 6.54 Å². The fourth-order valence-corrected chi connectivity index (χ4v) is 5.36. The van der Waals surface area contributed by atoms with Crippen LogP contribution in [0.1, 0.15) is 41.9 Å². The summed E-state index contributed by atoms with van der Waals surface area (Å²) >= 11 is 0. The highest BCUT2D eigenvalue weighted by Gasteiger charge is 2.40. The Morgan fingerprint density at radius 3 is 2.54 bits per heavy atom. The van der Waals surface area contributed by atoms with Crippen molar-refractivity contribution in [2.75, 3.05) is 13.6 Å². The van der Waals surface area contributed by atoms with E-state index in [4.69, 9.17) is 0 Å². The number of hydrogen-bond acceptors (Lipinski definition) is 2. The van der Waals surface area contributed by atoms with Gasteiger partial charge in [0.25, 0.3) is 0 Å². The highest BCUT2D eigenvalue weighted by molar-refractivity contribution is 5.34. The lowest BCUT2D eigenvalue weighted by Crippen LogP contribution is -2.25. The quantitative estimate of drug-likeness (QED) is 0.568. The van der Waals surface area contributed by atoms with Crippen LogP contribution in [-0.4, -0.2) is 18.5 Å². The van der Waals surface area contributed by atoms with Gasteiger partial charge in [0.2, 0.25) is 0 Å². The number of benzene rings is 2. The van der Waals surface area contributed by atoms with Crippen molar-refractivity contribution in [1.82, 2.24) is 4.90 Å². The van der Waals surface area contributed by atoms with Gasteiger partial charge in [-0.15, -0.1) is 0 Å². The molecule has 0 radical (unpaired) electrons. The van der Waals surface area contributed by atoms with E-state index >= 15 is 0 Å². The second-order valence-electron chi connectivity index (χ2n) is 8.60. The zero-order valence-electron chi connectivity index (χ0n) is 16.8. The molecule has 0 amide bonds. The molecule has 2 aliphatic rings. The molecule has 2 nitrogen and oxygen atoms in total. The fraction of sp³-hybridized carbons (Fsp3) is 0.423. The van der Waals surface area contributed by atoms with Gasteiger partial charge in [-0.2, -0.15) is 5.26 Å². The van der Waals surface area contributed by atoms with Crippen molar-refractivity contribution >= 4 is 0 Å². The largest absolute Gasteiger partial charge is 0.302 e. The predicted molar refractivity (Wildman–Crippen MR) is 115 cm³/mol. The van der Waals surface area contributed by atoms with E-state index in [0.717, 1.165) is 37.3 Å². The molecule has 0 saturated heterocycles. The SMILES string of the molecule is CN(CCC(c1ccccc1CC#N)C1CC2C=CC1C2)Cc1ccccc1. The first-order chi connectivity index (χ1) is 13.7. The van der Waals surface area contributed by atoms with Gasteiger partial charge in [-0.05, 0) is 73.2 Å². The van der Waals surface area contributed by atoms with Crippen molar-refractivity contribution in [2.45, 2.75) is 38.1 Å². The molecule has 0 N–H and O–H groups in total. The van der Waals surface area contributed by atoms with Crippen LogP contribution in [-0.2, 0) is 13.0 Å². The lowest BCUT2D eigenvalue weighted by Gasteiger charge is -2.32. The number of hydrogen-bond donors (Lipinski definition) is 0. The lowest BCUT2D eigenvalue weighted by atomic mass is 9.75. The smallest absolute Gasteiger partial charge is 0.0669 e. The van der Waals surface area contributed by atoms with Crippen molar-refractivity contribution in [2.24, 2.45) is 17.8 Å². The second kappa shape index (κ2) is 8.76. The fourth-order valence-electron chi connectivity index (χ4n) is 5.36. The van der Waals surface area contributed by atoms with Crippen molar-refractivity contribution in [3.8, 4) is 6.07 Å². The molecule has 144 valence electrons. The standard InChI is InChI=1S/C26H30N2/c1-28(19-20-7-3-2-4-8-20)16-14-25(26-18-21-11-12-23(26)17-21)24-10-6-5-9-22(24)13-15-27/h2-12,21,23,25-26H,13-14,16-19H2,1H3. The minimum absolute atomic E-state index is 0.517. The molecule has 1 fully saturated rings. The molecule has 1 saturated carbocycles. The summed E-state index contributed by atoms with van der Waals surface area (Å²) in [6, 6.07) is 21.8. The van der Waals surface area contributed by atoms with E-state index < -0.39 is 0 Å². The van der Waals surface area contributed by atoms with E-state index in [9.17, 15) is 5.26 Å². The summed E-state index contributed by atoms with van der Waals surface area (Å²) in [5.41, 5.74) is 4.02. The normalized spacial score (nSPS) is 23.8. The number of rotatable bonds is 8. The number of allylic oxidation sites excluding steroid dienone is 2. The van der Waals surface area contributed by atoms with Crippen molar-refractivity contribution in [1.29, 1.82) is 5.26 Å². The van der Waals surface area contributed by atoms with Crippen LogP contribution in [0.5, 0.6) is 0 Å². The van der Waals surface area contributed by atoms with Crippen LogP contribution in [0.4, 0.5) is 0 Å². The van der Waals surface area contributed by atoms with Crippen LogP contribution in [0.3, 0.4) is 0 Å². The monoisotopic (exact) mass is 370 g/mol. The molecule has 2 aromatic carbocycles. The summed E-state index contributed by atoms with van der Waals surface area (Å²) in [7, 11) is 2.23. The molecular formula is C26H30N2. The first-order valence-electron chi connectivity index (χ1n) is 10.6. The van der Waals surface area contributed by atoms with Crippen LogP contribution in [0.25, 0.3) is 0 Å². The van der Waals surface area contributed by atoms with Gasteiger partial charge in [-0.1, -0.05) is 66.7 Å². The Hall–Kier alpha value is -2.37. The minimum Gasteiger partial charge on any atom is -0.302 e. The molecule has 2 aromatic rings. The first-order valence-corrected chi connectivity index (χ1v) is 10.6. The maximum Gasteiger partial charge on any atom is 0.0669 e. The van der Waals surface area contributed by atoms with Crippen LogP contribution in [0.15, 0.2) is 66.7 Å². The lowest BCUT2D eigenvalue weighted by molar-refractivity contribution is 0.271. The Balaban J connectivity index is 1.51. The highest BCUT2D eigenvalue weighted by Crippen LogP contribution is 2.51. The van der Waals surface area contributed by atoms with Gasteiger partial charge in [0.15, 0.2) is 0 Å². The van der Waals surface area contributed by atoms with Gasteiger partial charge in [-0.3, -0.25) is 0 Å². The van der Waals surface area contributed by atoms with Crippen LogP contribution < -0.4 is 0 Å². The van der Waals surface area contributed by atoms with Crippen LogP contribution >= 0.6 is 0 Å². The van der Waals surface area contributed by atoms with Gasteiger partial charge < -0.3 is 4.90 Å². The second-order valence-corrected chi connectivity index (χ2v) is 8.60. The molecule has 4 atom stereocenters. The molecule has 0 spiro atoms. The molecule has 28 heavy (non-hydrogen) atoms. The van der Waals surface area contributed by atoms with Gasteiger partial charge >= 0.3 is 0 Å². The molecular weight excluding hydrogens is 340 g/mol. The van der Waals surface area contributed by atoms with E-state index in [0.29, 0.717) is 12.3 Å². The van der Waals surface area contributed by atoms with Gasteiger partial charge in [-0.25, -0.2) is 0 Å². The first kappa shape index (κ1) is 19.0. The molecule has 2 bridgehead atoms. The minimum atomic E-state index is 0.517. The zero-order valence-corrected chi connectivity index (χ0v) is 16.8. The van der Waals surface area contributed by atoms with Gasteiger partial charge in [0.1, 0.15) is 0 Å². The van der Waals surface area contributed by atoms with Crippen molar-refractivity contribution < 1.29 is 0 Å². The average Bonchev–Trinajstić information content (AvgIpc) is 3.34. The Morgan fingerprint density at radius 2 is 1.82 bits per heavy atom. The molecule has 2 heteroatoms. The summed E-state index contributed by atoms with van der Waals surface area (Å²) in [5.74, 6) is 2.77. The maximum atomic E-state index is 9.31. The molecule has 0 aliphatic heterocycles. The summed E-state index contributed by atoms with van der Waals surface area (Å²) in [5, 5.41) is 9.31. The summed E-state index contributed by atoms with van der Waals surface area (Å²) < 4.78 is 0. The third-order valence-corrected chi connectivity index (χ3v) is 6.69. The average molecular weight is 371 g/mol. The topological polar surface area (TPSA) is 27.0 Å². The van der Waals surface area contributed by atoms with Gasteiger partial charge in [0.05, 0.1) is 12.5 Å².